The van der Waals surface area contributed by atoms with Crippen LogP contribution in [0.4, 0.5) is 21.8 Å². The SMILES string of the molecule is CC(C)Nc1nc(Nc2ccc(Br)cc2F)cc(-c2ccccc2)n1. The summed E-state index contributed by atoms with van der Waals surface area (Å²) in [6.45, 7) is 4.03. The van der Waals surface area contributed by atoms with E-state index in [1.165, 1.54) is 6.07 Å². The average molecular weight is 401 g/mol. The van der Waals surface area contributed by atoms with Crippen LogP contribution in [0, 0.1) is 5.82 Å². The van der Waals surface area contributed by atoms with Gasteiger partial charge in [0.25, 0.3) is 0 Å². The Balaban J connectivity index is 2.00. The molecule has 3 rings (SSSR count). The second-order valence-corrected chi connectivity index (χ2v) is 6.79. The van der Waals surface area contributed by atoms with Crippen LogP contribution in [0.3, 0.4) is 0 Å². The van der Waals surface area contributed by atoms with E-state index in [0.717, 1.165) is 11.3 Å². The minimum Gasteiger partial charge on any atom is -0.352 e. The first-order chi connectivity index (χ1) is 12.0. The predicted molar refractivity (Wildman–Crippen MR) is 104 cm³/mol. The van der Waals surface area contributed by atoms with Gasteiger partial charge in [-0.1, -0.05) is 46.3 Å². The molecule has 3 aromatic rings. The number of benzene rings is 2. The third kappa shape index (κ3) is 4.54. The molecule has 0 unspecified atom stereocenters. The first kappa shape index (κ1) is 17.4. The van der Waals surface area contributed by atoms with Gasteiger partial charge in [0.05, 0.1) is 11.4 Å². The zero-order valence-corrected chi connectivity index (χ0v) is 15.5. The summed E-state index contributed by atoms with van der Waals surface area (Å²) in [5.41, 5.74) is 2.09. The van der Waals surface area contributed by atoms with Crippen molar-refractivity contribution in [2.75, 3.05) is 10.6 Å². The first-order valence-electron chi connectivity index (χ1n) is 7.94. The summed E-state index contributed by atoms with van der Waals surface area (Å²) in [4.78, 5) is 9.00. The fourth-order valence-electron chi connectivity index (χ4n) is 2.32. The highest BCUT2D eigenvalue weighted by Gasteiger charge is 2.10. The van der Waals surface area contributed by atoms with E-state index in [0.29, 0.717) is 21.9 Å². The van der Waals surface area contributed by atoms with Gasteiger partial charge in [-0.3, -0.25) is 0 Å². The number of hydrogen-bond acceptors (Lipinski definition) is 4. The van der Waals surface area contributed by atoms with E-state index in [2.05, 4.69) is 36.5 Å². The molecule has 0 radical (unpaired) electrons. The van der Waals surface area contributed by atoms with Crippen LogP contribution in [-0.2, 0) is 0 Å². The minimum absolute atomic E-state index is 0.184. The maximum absolute atomic E-state index is 14.1. The Bertz CT molecular complexity index is 869. The zero-order chi connectivity index (χ0) is 17.8. The van der Waals surface area contributed by atoms with Crippen LogP contribution in [0.2, 0.25) is 0 Å². The zero-order valence-electron chi connectivity index (χ0n) is 13.9. The predicted octanol–water partition coefficient (Wildman–Crippen LogP) is 5.61. The van der Waals surface area contributed by atoms with Crippen LogP contribution in [-0.4, -0.2) is 16.0 Å². The lowest BCUT2D eigenvalue weighted by atomic mass is 10.1. The highest BCUT2D eigenvalue weighted by atomic mass is 79.9. The van der Waals surface area contributed by atoms with Crippen molar-refractivity contribution in [3.63, 3.8) is 0 Å². The van der Waals surface area contributed by atoms with Gasteiger partial charge in [0.1, 0.15) is 11.6 Å². The number of rotatable bonds is 5. The lowest BCUT2D eigenvalue weighted by molar-refractivity contribution is 0.631. The highest BCUT2D eigenvalue weighted by molar-refractivity contribution is 9.10. The van der Waals surface area contributed by atoms with Crippen LogP contribution in [0.1, 0.15) is 13.8 Å². The maximum Gasteiger partial charge on any atom is 0.225 e. The molecule has 0 atom stereocenters. The van der Waals surface area contributed by atoms with Crippen molar-refractivity contribution in [3.05, 3.63) is 64.9 Å². The normalized spacial score (nSPS) is 10.8. The van der Waals surface area contributed by atoms with Crippen molar-refractivity contribution in [1.29, 1.82) is 0 Å². The lowest BCUT2D eigenvalue weighted by Gasteiger charge is -2.13. The molecule has 0 saturated carbocycles. The second kappa shape index (κ2) is 7.61. The Kier molecular flexibility index (Phi) is 5.28. The second-order valence-electron chi connectivity index (χ2n) is 5.88. The summed E-state index contributed by atoms with van der Waals surface area (Å²) in [6.07, 6.45) is 0. The van der Waals surface area contributed by atoms with Crippen molar-refractivity contribution in [3.8, 4) is 11.3 Å². The average Bonchev–Trinajstić information content (AvgIpc) is 2.57. The highest BCUT2D eigenvalue weighted by Crippen LogP contribution is 2.26. The van der Waals surface area contributed by atoms with Crippen molar-refractivity contribution in [2.24, 2.45) is 0 Å². The summed E-state index contributed by atoms with van der Waals surface area (Å²) < 4.78 is 14.8. The fourth-order valence-corrected chi connectivity index (χ4v) is 2.65. The summed E-state index contributed by atoms with van der Waals surface area (Å²) in [7, 11) is 0. The van der Waals surface area contributed by atoms with Crippen molar-refractivity contribution < 1.29 is 4.39 Å². The van der Waals surface area contributed by atoms with Gasteiger partial charge in [-0.2, -0.15) is 4.98 Å². The van der Waals surface area contributed by atoms with Crippen LogP contribution in [0.5, 0.6) is 0 Å². The molecule has 25 heavy (non-hydrogen) atoms. The molecular weight excluding hydrogens is 383 g/mol. The molecule has 0 bridgehead atoms. The van der Waals surface area contributed by atoms with Crippen molar-refractivity contribution >= 4 is 33.4 Å². The minimum atomic E-state index is -0.354. The van der Waals surface area contributed by atoms with Gasteiger partial charge < -0.3 is 10.6 Å². The Labute approximate surface area is 154 Å². The molecule has 0 saturated heterocycles. The van der Waals surface area contributed by atoms with Crippen LogP contribution < -0.4 is 10.6 Å². The third-order valence-corrected chi connectivity index (χ3v) is 3.90. The Hall–Kier alpha value is -2.47. The Morgan fingerprint density at radius 1 is 1.00 bits per heavy atom. The van der Waals surface area contributed by atoms with E-state index in [1.54, 1.807) is 12.1 Å². The monoisotopic (exact) mass is 400 g/mol. The summed E-state index contributed by atoms with van der Waals surface area (Å²) in [6, 6.07) is 16.7. The molecular formula is C19H18BrFN4. The van der Waals surface area contributed by atoms with Gasteiger partial charge in [-0.15, -0.1) is 0 Å². The van der Waals surface area contributed by atoms with Crippen LogP contribution in [0.15, 0.2) is 59.1 Å². The van der Waals surface area contributed by atoms with E-state index in [-0.39, 0.29) is 11.9 Å². The molecule has 0 amide bonds. The van der Waals surface area contributed by atoms with Gasteiger partial charge in [0.2, 0.25) is 5.95 Å². The molecule has 0 aliphatic carbocycles. The summed E-state index contributed by atoms with van der Waals surface area (Å²) in [5, 5.41) is 6.24. The van der Waals surface area contributed by atoms with Crippen LogP contribution >= 0.6 is 15.9 Å². The van der Waals surface area contributed by atoms with E-state index in [1.807, 2.05) is 50.2 Å². The Morgan fingerprint density at radius 2 is 1.76 bits per heavy atom. The van der Waals surface area contributed by atoms with E-state index >= 15 is 0 Å². The van der Waals surface area contributed by atoms with Gasteiger partial charge in [0, 0.05) is 22.1 Å². The fraction of sp³-hybridized carbons (Fsp3) is 0.158. The maximum atomic E-state index is 14.1. The number of nitrogens with zero attached hydrogens (tertiary/aromatic N) is 2. The van der Waals surface area contributed by atoms with Crippen molar-refractivity contribution in [1.82, 2.24) is 9.97 Å². The number of anilines is 3. The number of nitrogens with one attached hydrogen (secondary N) is 2. The molecule has 0 fully saturated rings. The van der Waals surface area contributed by atoms with E-state index < -0.39 is 0 Å². The molecule has 128 valence electrons. The van der Waals surface area contributed by atoms with Gasteiger partial charge in [0.15, 0.2) is 0 Å². The third-order valence-electron chi connectivity index (χ3n) is 3.41. The Morgan fingerprint density at radius 3 is 2.44 bits per heavy atom. The molecule has 2 N–H and O–H groups in total. The summed E-state index contributed by atoms with van der Waals surface area (Å²) in [5.74, 6) is 0.669. The van der Waals surface area contributed by atoms with Gasteiger partial charge >= 0.3 is 0 Å². The van der Waals surface area contributed by atoms with Gasteiger partial charge in [-0.25, -0.2) is 9.37 Å². The topological polar surface area (TPSA) is 49.8 Å². The smallest absolute Gasteiger partial charge is 0.225 e. The standard InChI is InChI=1S/C19H18BrFN4/c1-12(2)22-19-24-17(13-6-4-3-5-7-13)11-18(25-19)23-16-9-8-14(20)10-15(16)21/h3-12H,1-2H3,(H2,22,23,24,25). The lowest BCUT2D eigenvalue weighted by Crippen LogP contribution is -2.13. The molecule has 2 aromatic carbocycles. The largest absolute Gasteiger partial charge is 0.352 e. The number of halogens is 2. The molecule has 4 nitrogen and oxygen atoms in total. The van der Waals surface area contributed by atoms with Crippen molar-refractivity contribution in [2.45, 2.75) is 19.9 Å². The first-order valence-corrected chi connectivity index (χ1v) is 8.73. The number of hydrogen-bond donors (Lipinski definition) is 2. The van der Waals surface area contributed by atoms with E-state index in [4.69, 9.17) is 0 Å². The number of aromatic nitrogens is 2. The molecule has 6 heteroatoms. The molecule has 0 spiro atoms. The van der Waals surface area contributed by atoms with Crippen LogP contribution in [0.25, 0.3) is 11.3 Å². The molecule has 0 aliphatic rings. The molecule has 1 aromatic heterocycles. The van der Waals surface area contributed by atoms with Gasteiger partial charge in [-0.05, 0) is 32.0 Å². The quantitative estimate of drug-likeness (QED) is 0.584. The molecule has 1 heterocycles. The summed E-state index contributed by atoms with van der Waals surface area (Å²) >= 11 is 3.26. The molecule has 0 aliphatic heterocycles. The van der Waals surface area contributed by atoms with E-state index in [9.17, 15) is 4.39 Å².